The van der Waals surface area contributed by atoms with Crippen molar-refractivity contribution < 1.29 is 0 Å². The first-order valence-electron chi connectivity index (χ1n) is 3.60. The molecule has 1 nitrogen and oxygen atoms in total. The summed E-state index contributed by atoms with van der Waals surface area (Å²) in [7, 11) is 0. The van der Waals surface area contributed by atoms with Gasteiger partial charge in [0, 0.05) is 20.3 Å². The standard InChI is InChI=1S/C8H12BrNS/c1-5(10)3-7-4-8(9)6(2)11-7/h4-5H,3,10H2,1-2H3/t5-/m1/s1. The zero-order valence-corrected chi connectivity index (χ0v) is 9.13. The summed E-state index contributed by atoms with van der Waals surface area (Å²) < 4.78 is 1.21. The van der Waals surface area contributed by atoms with Crippen LogP contribution in [0.2, 0.25) is 0 Å². The van der Waals surface area contributed by atoms with Crippen molar-refractivity contribution in [2.75, 3.05) is 0 Å². The topological polar surface area (TPSA) is 26.0 Å². The van der Waals surface area contributed by atoms with Gasteiger partial charge in [0.05, 0.1) is 0 Å². The van der Waals surface area contributed by atoms with Crippen LogP contribution in [0.4, 0.5) is 0 Å². The van der Waals surface area contributed by atoms with Crippen LogP contribution in [0.1, 0.15) is 16.7 Å². The zero-order valence-electron chi connectivity index (χ0n) is 6.73. The van der Waals surface area contributed by atoms with E-state index in [2.05, 4.69) is 28.9 Å². The molecule has 0 spiro atoms. The SMILES string of the molecule is Cc1sc(C[C@@H](C)N)cc1Br. The van der Waals surface area contributed by atoms with Crippen LogP contribution in [0.3, 0.4) is 0 Å². The molecule has 0 aliphatic carbocycles. The predicted molar refractivity (Wildman–Crippen MR) is 54.1 cm³/mol. The largest absolute Gasteiger partial charge is 0.328 e. The van der Waals surface area contributed by atoms with Crippen molar-refractivity contribution in [1.29, 1.82) is 0 Å². The Hall–Kier alpha value is 0.140. The highest BCUT2D eigenvalue weighted by atomic mass is 79.9. The Morgan fingerprint density at radius 2 is 2.36 bits per heavy atom. The minimum Gasteiger partial charge on any atom is -0.328 e. The lowest BCUT2D eigenvalue weighted by molar-refractivity contribution is 0.746. The smallest absolute Gasteiger partial charge is 0.0314 e. The van der Waals surface area contributed by atoms with Crippen molar-refractivity contribution in [3.05, 3.63) is 20.3 Å². The summed E-state index contributed by atoms with van der Waals surface area (Å²) in [6.07, 6.45) is 0.983. The van der Waals surface area contributed by atoms with Crippen molar-refractivity contribution in [3.63, 3.8) is 0 Å². The first-order chi connectivity index (χ1) is 5.09. The van der Waals surface area contributed by atoms with Crippen molar-refractivity contribution in [3.8, 4) is 0 Å². The monoisotopic (exact) mass is 233 g/mol. The van der Waals surface area contributed by atoms with Crippen LogP contribution in [0.25, 0.3) is 0 Å². The van der Waals surface area contributed by atoms with Crippen LogP contribution in [0, 0.1) is 6.92 Å². The highest BCUT2D eigenvalue weighted by Gasteiger charge is 2.03. The van der Waals surface area contributed by atoms with E-state index < -0.39 is 0 Å². The lowest BCUT2D eigenvalue weighted by Gasteiger charge is -1.99. The van der Waals surface area contributed by atoms with Crippen molar-refractivity contribution in [1.82, 2.24) is 0 Å². The molecule has 0 saturated heterocycles. The Kier molecular flexibility index (Phi) is 3.10. The van der Waals surface area contributed by atoms with E-state index in [-0.39, 0.29) is 6.04 Å². The summed E-state index contributed by atoms with van der Waals surface area (Å²) in [6.45, 7) is 4.14. The number of hydrogen-bond acceptors (Lipinski definition) is 2. The second kappa shape index (κ2) is 3.70. The molecule has 1 atom stereocenters. The number of halogens is 1. The van der Waals surface area contributed by atoms with Crippen LogP contribution in [0.15, 0.2) is 10.5 Å². The maximum Gasteiger partial charge on any atom is 0.0314 e. The highest BCUT2D eigenvalue weighted by Crippen LogP contribution is 2.26. The molecule has 0 radical (unpaired) electrons. The van der Waals surface area contributed by atoms with Crippen molar-refractivity contribution in [2.24, 2.45) is 5.73 Å². The molecule has 62 valence electrons. The summed E-state index contributed by atoms with van der Waals surface area (Å²) in [5, 5.41) is 0. The van der Waals surface area contributed by atoms with E-state index in [1.165, 1.54) is 14.2 Å². The molecule has 0 unspecified atom stereocenters. The average molecular weight is 234 g/mol. The van der Waals surface area contributed by atoms with E-state index in [0.29, 0.717) is 0 Å². The van der Waals surface area contributed by atoms with Gasteiger partial charge in [-0.25, -0.2) is 0 Å². The molecule has 0 saturated carbocycles. The normalized spacial score (nSPS) is 13.5. The summed E-state index contributed by atoms with van der Waals surface area (Å²) >= 11 is 5.29. The van der Waals surface area contributed by atoms with E-state index in [0.717, 1.165) is 6.42 Å². The first kappa shape index (κ1) is 9.23. The fraction of sp³-hybridized carbons (Fsp3) is 0.500. The van der Waals surface area contributed by atoms with Crippen molar-refractivity contribution in [2.45, 2.75) is 26.3 Å². The van der Waals surface area contributed by atoms with E-state index in [4.69, 9.17) is 5.73 Å². The molecular weight excluding hydrogens is 222 g/mol. The van der Waals surface area contributed by atoms with Gasteiger partial charge in [-0.15, -0.1) is 11.3 Å². The van der Waals surface area contributed by atoms with Crippen LogP contribution in [0.5, 0.6) is 0 Å². The number of hydrogen-bond donors (Lipinski definition) is 1. The third-order valence-electron chi connectivity index (χ3n) is 1.43. The van der Waals surface area contributed by atoms with Gasteiger partial charge in [0.15, 0.2) is 0 Å². The summed E-state index contributed by atoms with van der Waals surface area (Å²) in [5.74, 6) is 0. The van der Waals surface area contributed by atoms with Crippen LogP contribution >= 0.6 is 27.3 Å². The molecule has 2 N–H and O–H groups in total. The Morgan fingerprint density at radius 3 is 2.73 bits per heavy atom. The molecule has 1 rings (SSSR count). The van der Waals surface area contributed by atoms with E-state index in [1.807, 2.05) is 18.3 Å². The second-order valence-electron chi connectivity index (χ2n) is 2.80. The molecule has 1 aromatic rings. The van der Waals surface area contributed by atoms with Gasteiger partial charge in [-0.3, -0.25) is 0 Å². The van der Waals surface area contributed by atoms with E-state index in [9.17, 15) is 0 Å². The fourth-order valence-electron chi connectivity index (χ4n) is 0.936. The number of nitrogens with two attached hydrogens (primary N) is 1. The van der Waals surface area contributed by atoms with Gasteiger partial charge in [0.2, 0.25) is 0 Å². The molecular formula is C8H12BrNS. The molecule has 3 heteroatoms. The fourth-order valence-corrected chi connectivity index (χ4v) is 2.68. The van der Waals surface area contributed by atoms with Gasteiger partial charge in [-0.05, 0) is 42.3 Å². The molecule has 0 aromatic carbocycles. The molecule has 11 heavy (non-hydrogen) atoms. The molecule has 0 amide bonds. The Bertz CT molecular complexity index is 223. The molecule has 0 fully saturated rings. The molecule has 1 heterocycles. The minimum absolute atomic E-state index is 0.264. The summed E-state index contributed by atoms with van der Waals surface area (Å²) in [4.78, 5) is 2.70. The lowest BCUT2D eigenvalue weighted by Crippen LogP contribution is -2.16. The van der Waals surface area contributed by atoms with E-state index in [1.54, 1.807) is 0 Å². The zero-order chi connectivity index (χ0) is 8.43. The van der Waals surface area contributed by atoms with Gasteiger partial charge in [0.25, 0.3) is 0 Å². The molecule has 0 aliphatic rings. The number of thiophene rings is 1. The minimum atomic E-state index is 0.264. The van der Waals surface area contributed by atoms with Crippen LogP contribution < -0.4 is 5.73 Å². The lowest BCUT2D eigenvalue weighted by atomic mass is 10.2. The predicted octanol–water partition coefficient (Wildman–Crippen LogP) is 2.71. The molecule has 1 aromatic heterocycles. The van der Waals surface area contributed by atoms with Gasteiger partial charge in [-0.1, -0.05) is 0 Å². The first-order valence-corrected chi connectivity index (χ1v) is 5.21. The van der Waals surface area contributed by atoms with Gasteiger partial charge >= 0.3 is 0 Å². The van der Waals surface area contributed by atoms with Crippen LogP contribution in [-0.4, -0.2) is 6.04 Å². The maximum atomic E-state index is 5.68. The van der Waals surface area contributed by atoms with Crippen LogP contribution in [-0.2, 0) is 6.42 Å². The summed E-state index contributed by atoms with van der Waals surface area (Å²) in [6, 6.07) is 2.42. The highest BCUT2D eigenvalue weighted by molar-refractivity contribution is 9.10. The third kappa shape index (κ3) is 2.58. The summed E-state index contributed by atoms with van der Waals surface area (Å²) in [5.41, 5.74) is 5.68. The number of aryl methyl sites for hydroxylation is 1. The van der Waals surface area contributed by atoms with Gasteiger partial charge < -0.3 is 5.73 Å². The number of rotatable bonds is 2. The van der Waals surface area contributed by atoms with Gasteiger partial charge in [0.1, 0.15) is 0 Å². The average Bonchev–Trinajstić information content (AvgIpc) is 2.10. The quantitative estimate of drug-likeness (QED) is 0.836. The third-order valence-corrected chi connectivity index (χ3v) is 3.59. The molecule has 0 aliphatic heterocycles. The van der Waals surface area contributed by atoms with Crippen molar-refractivity contribution >= 4 is 27.3 Å². The maximum absolute atomic E-state index is 5.68. The Balaban J connectivity index is 2.73. The second-order valence-corrected chi connectivity index (χ2v) is 4.99. The van der Waals surface area contributed by atoms with Gasteiger partial charge in [-0.2, -0.15) is 0 Å². The Morgan fingerprint density at radius 1 is 1.73 bits per heavy atom. The molecule has 0 bridgehead atoms. The van der Waals surface area contributed by atoms with E-state index >= 15 is 0 Å². The Labute approximate surface area is 79.7 Å².